The highest BCUT2D eigenvalue weighted by Gasteiger charge is 1.98. The van der Waals surface area contributed by atoms with Gasteiger partial charge in [-0.05, 0) is 48.4 Å². The molecule has 0 spiro atoms. The molecule has 4 heteroatoms. The van der Waals surface area contributed by atoms with E-state index in [9.17, 15) is 0 Å². The molecule has 0 atom stereocenters. The Bertz CT molecular complexity index is 540. The molecule has 0 amide bonds. The van der Waals surface area contributed by atoms with Crippen molar-refractivity contribution in [3.8, 4) is 5.75 Å². The van der Waals surface area contributed by atoms with E-state index in [2.05, 4.69) is 17.4 Å². The normalized spacial score (nSPS) is 10.6. The summed E-state index contributed by atoms with van der Waals surface area (Å²) in [5.41, 5.74) is 2.35. The van der Waals surface area contributed by atoms with Gasteiger partial charge in [0.1, 0.15) is 12.4 Å². The summed E-state index contributed by atoms with van der Waals surface area (Å²) in [5, 5.41) is 4.13. The van der Waals surface area contributed by atoms with Crippen molar-refractivity contribution in [1.29, 1.82) is 0 Å². The van der Waals surface area contributed by atoms with Crippen molar-refractivity contribution in [2.45, 2.75) is 19.6 Å². The van der Waals surface area contributed by atoms with Gasteiger partial charge < -0.3 is 14.8 Å². The van der Waals surface area contributed by atoms with Crippen molar-refractivity contribution < 1.29 is 9.47 Å². The summed E-state index contributed by atoms with van der Waals surface area (Å²) in [5.74, 6) is 0.873. The third kappa shape index (κ3) is 6.06. The summed E-state index contributed by atoms with van der Waals surface area (Å²) in [6.45, 7) is 3.17. The second-order valence-electron chi connectivity index (χ2n) is 5.08. The minimum atomic E-state index is 0.547. The van der Waals surface area contributed by atoms with Crippen LogP contribution in [0.25, 0.3) is 0 Å². The fraction of sp³-hybridized carbons (Fsp3) is 0.333. The summed E-state index contributed by atoms with van der Waals surface area (Å²) in [6.07, 6.45) is 1.03. The number of halogens is 1. The van der Waals surface area contributed by atoms with Crippen LogP contribution in [0.15, 0.2) is 48.5 Å². The molecule has 2 aromatic carbocycles. The van der Waals surface area contributed by atoms with E-state index in [0.717, 1.165) is 42.5 Å². The van der Waals surface area contributed by atoms with Crippen molar-refractivity contribution in [2.24, 2.45) is 0 Å². The molecule has 118 valence electrons. The van der Waals surface area contributed by atoms with Gasteiger partial charge in [0, 0.05) is 25.3 Å². The van der Waals surface area contributed by atoms with Gasteiger partial charge in [0.2, 0.25) is 0 Å². The molecule has 0 aromatic heterocycles. The van der Waals surface area contributed by atoms with Crippen LogP contribution in [-0.2, 0) is 17.9 Å². The Hall–Kier alpha value is -1.55. The summed E-state index contributed by atoms with van der Waals surface area (Å²) in [6, 6.07) is 15.9. The van der Waals surface area contributed by atoms with Crippen molar-refractivity contribution >= 4 is 11.6 Å². The molecule has 0 saturated heterocycles. The highest BCUT2D eigenvalue weighted by Crippen LogP contribution is 2.15. The van der Waals surface area contributed by atoms with Gasteiger partial charge in [-0.2, -0.15) is 0 Å². The number of hydrogen-bond acceptors (Lipinski definition) is 3. The number of hydrogen-bond donors (Lipinski definition) is 1. The van der Waals surface area contributed by atoms with Gasteiger partial charge in [0.15, 0.2) is 0 Å². The fourth-order valence-electron chi connectivity index (χ4n) is 2.03. The van der Waals surface area contributed by atoms with Crippen LogP contribution in [0, 0.1) is 0 Å². The summed E-state index contributed by atoms with van der Waals surface area (Å²) < 4.78 is 10.8. The maximum absolute atomic E-state index is 5.86. The van der Waals surface area contributed by atoms with Crippen LogP contribution in [0.1, 0.15) is 17.5 Å². The molecule has 0 aliphatic rings. The Morgan fingerprint density at radius 1 is 0.955 bits per heavy atom. The van der Waals surface area contributed by atoms with E-state index in [1.165, 1.54) is 5.56 Å². The lowest BCUT2D eigenvalue weighted by Gasteiger charge is -2.08. The molecule has 0 bridgehead atoms. The lowest BCUT2D eigenvalue weighted by atomic mass is 10.2. The minimum absolute atomic E-state index is 0.547. The maximum Gasteiger partial charge on any atom is 0.119 e. The smallest absolute Gasteiger partial charge is 0.119 e. The Balaban J connectivity index is 1.73. The Labute approximate surface area is 137 Å². The van der Waals surface area contributed by atoms with Crippen LogP contribution in [0.5, 0.6) is 5.75 Å². The quantitative estimate of drug-likeness (QED) is 0.707. The molecule has 0 saturated carbocycles. The SMILES string of the molecule is COCCCNCc1ccc(OCc2ccc(Cl)cc2)cc1. The lowest BCUT2D eigenvalue weighted by molar-refractivity contribution is 0.194. The number of rotatable bonds is 9. The fourth-order valence-corrected chi connectivity index (χ4v) is 2.15. The van der Waals surface area contributed by atoms with Crippen LogP contribution in [0.2, 0.25) is 5.02 Å². The van der Waals surface area contributed by atoms with E-state index in [1.54, 1.807) is 7.11 Å². The average molecular weight is 320 g/mol. The van der Waals surface area contributed by atoms with Gasteiger partial charge in [-0.3, -0.25) is 0 Å². The summed E-state index contributed by atoms with van der Waals surface area (Å²) >= 11 is 5.86. The molecular formula is C18H22ClNO2. The first-order chi connectivity index (χ1) is 10.8. The van der Waals surface area contributed by atoms with Gasteiger partial charge in [-0.1, -0.05) is 35.9 Å². The first-order valence-corrected chi connectivity index (χ1v) is 7.81. The Morgan fingerprint density at radius 2 is 1.64 bits per heavy atom. The number of ether oxygens (including phenoxy) is 2. The second kappa shape index (κ2) is 9.46. The molecule has 0 heterocycles. The molecule has 2 rings (SSSR count). The summed E-state index contributed by atoms with van der Waals surface area (Å²) in [4.78, 5) is 0. The van der Waals surface area contributed by atoms with E-state index in [0.29, 0.717) is 6.61 Å². The van der Waals surface area contributed by atoms with E-state index < -0.39 is 0 Å². The van der Waals surface area contributed by atoms with E-state index in [4.69, 9.17) is 21.1 Å². The minimum Gasteiger partial charge on any atom is -0.489 e. The zero-order valence-electron chi connectivity index (χ0n) is 12.8. The first-order valence-electron chi connectivity index (χ1n) is 7.44. The van der Waals surface area contributed by atoms with E-state index >= 15 is 0 Å². The average Bonchev–Trinajstić information content (AvgIpc) is 2.55. The molecule has 0 aliphatic carbocycles. The molecule has 0 fully saturated rings. The van der Waals surface area contributed by atoms with Crippen LogP contribution in [0.3, 0.4) is 0 Å². The second-order valence-corrected chi connectivity index (χ2v) is 5.52. The monoisotopic (exact) mass is 319 g/mol. The van der Waals surface area contributed by atoms with Gasteiger partial charge in [-0.15, -0.1) is 0 Å². The van der Waals surface area contributed by atoms with Gasteiger partial charge in [0.05, 0.1) is 0 Å². The van der Waals surface area contributed by atoms with Crippen LogP contribution >= 0.6 is 11.6 Å². The topological polar surface area (TPSA) is 30.5 Å². The highest BCUT2D eigenvalue weighted by atomic mass is 35.5. The maximum atomic E-state index is 5.86. The molecule has 3 nitrogen and oxygen atoms in total. The van der Waals surface area contributed by atoms with Crippen LogP contribution < -0.4 is 10.1 Å². The number of methoxy groups -OCH3 is 1. The van der Waals surface area contributed by atoms with Crippen LogP contribution in [0.4, 0.5) is 0 Å². The highest BCUT2D eigenvalue weighted by molar-refractivity contribution is 6.30. The van der Waals surface area contributed by atoms with Crippen molar-refractivity contribution in [1.82, 2.24) is 5.32 Å². The lowest BCUT2D eigenvalue weighted by Crippen LogP contribution is -2.15. The van der Waals surface area contributed by atoms with Crippen molar-refractivity contribution in [3.63, 3.8) is 0 Å². The molecule has 1 N–H and O–H groups in total. The molecular weight excluding hydrogens is 298 g/mol. The Kier molecular flexibility index (Phi) is 7.23. The molecule has 0 radical (unpaired) electrons. The van der Waals surface area contributed by atoms with Gasteiger partial charge in [0.25, 0.3) is 0 Å². The first kappa shape index (κ1) is 16.8. The largest absolute Gasteiger partial charge is 0.489 e. The van der Waals surface area contributed by atoms with E-state index in [-0.39, 0.29) is 0 Å². The summed E-state index contributed by atoms with van der Waals surface area (Å²) in [7, 11) is 1.72. The molecule has 0 unspecified atom stereocenters. The predicted octanol–water partition coefficient (Wildman–Crippen LogP) is 4.05. The Morgan fingerprint density at radius 3 is 2.32 bits per heavy atom. The molecule has 22 heavy (non-hydrogen) atoms. The van der Waals surface area contributed by atoms with E-state index in [1.807, 2.05) is 36.4 Å². The molecule has 2 aromatic rings. The standard InChI is InChI=1S/C18H22ClNO2/c1-21-12-2-11-20-13-15-5-9-18(10-6-15)22-14-16-3-7-17(19)8-4-16/h3-10,20H,2,11-14H2,1H3. The van der Waals surface area contributed by atoms with Crippen molar-refractivity contribution in [3.05, 3.63) is 64.7 Å². The number of nitrogens with one attached hydrogen (secondary N) is 1. The third-order valence-corrected chi connectivity index (χ3v) is 3.53. The number of benzene rings is 2. The van der Waals surface area contributed by atoms with Crippen LogP contribution in [-0.4, -0.2) is 20.3 Å². The van der Waals surface area contributed by atoms with Gasteiger partial charge in [-0.25, -0.2) is 0 Å². The molecule has 0 aliphatic heterocycles. The third-order valence-electron chi connectivity index (χ3n) is 3.27. The predicted molar refractivity (Wildman–Crippen MR) is 90.4 cm³/mol. The zero-order valence-corrected chi connectivity index (χ0v) is 13.6. The van der Waals surface area contributed by atoms with Crippen molar-refractivity contribution in [2.75, 3.05) is 20.3 Å². The van der Waals surface area contributed by atoms with Gasteiger partial charge >= 0.3 is 0 Å². The zero-order chi connectivity index (χ0) is 15.6.